The van der Waals surface area contributed by atoms with Gasteiger partial charge in [0.25, 0.3) is 0 Å². The van der Waals surface area contributed by atoms with Crippen molar-refractivity contribution >= 4 is 38.9 Å². The number of hydrogen-bond acceptors (Lipinski definition) is 4. The van der Waals surface area contributed by atoms with Crippen molar-refractivity contribution in [1.82, 2.24) is 5.32 Å². The lowest BCUT2D eigenvalue weighted by atomic mass is 10.1. The largest absolute Gasteiger partial charge is 0.351 e. The molecular formula is C15H19ClN2O4S. The molecule has 1 heterocycles. The third-order valence-corrected chi connectivity index (χ3v) is 5.99. The molecule has 8 heteroatoms. The Morgan fingerprint density at radius 3 is 2.65 bits per heavy atom. The second-order valence-corrected chi connectivity index (χ2v) is 8.29. The zero-order chi connectivity index (χ0) is 17.2. The van der Waals surface area contributed by atoms with E-state index in [1.165, 1.54) is 11.8 Å². The summed E-state index contributed by atoms with van der Waals surface area (Å²) in [6.45, 7) is 2.97. The molecule has 1 fully saturated rings. The van der Waals surface area contributed by atoms with Crippen molar-refractivity contribution < 1.29 is 18.0 Å². The first-order valence-electron chi connectivity index (χ1n) is 7.22. The fourth-order valence-corrected chi connectivity index (χ4v) is 4.42. The van der Waals surface area contributed by atoms with Crippen molar-refractivity contribution in [3.63, 3.8) is 0 Å². The zero-order valence-corrected chi connectivity index (χ0v) is 14.6. The van der Waals surface area contributed by atoms with E-state index in [0.717, 1.165) is 0 Å². The normalized spacial score (nSPS) is 19.3. The van der Waals surface area contributed by atoms with Gasteiger partial charge >= 0.3 is 0 Å². The number of rotatable bonds is 4. The van der Waals surface area contributed by atoms with Crippen LogP contribution in [0.4, 0.5) is 5.69 Å². The molecule has 1 saturated heterocycles. The molecule has 0 aliphatic carbocycles. The van der Waals surface area contributed by atoms with E-state index in [1.54, 1.807) is 25.1 Å². The summed E-state index contributed by atoms with van der Waals surface area (Å²) in [5.74, 6) is -0.636. The van der Waals surface area contributed by atoms with Crippen molar-refractivity contribution in [2.45, 2.75) is 26.3 Å². The van der Waals surface area contributed by atoms with Gasteiger partial charge in [0.2, 0.25) is 11.8 Å². The minimum atomic E-state index is -3.06. The van der Waals surface area contributed by atoms with E-state index in [1.807, 2.05) is 0 Å². The highest BCUT2D eigenvalue weighted by Gasteiger charge is 2.29. The second-order valence-electron chi connectivity index (χ2n) is 5.66. The Morgan fingerprint density at radius 1 is 1.39 bits per heavy atom. The van der Waals surface area contributed by atoms with Crippen molar-refractivity contribution in [3.05, 3.63) is 28.8 Å². The van der Waals surface area contributed by atoms with E-state index in [9.17, 15) is 18.0 Å². The van der Waals surface area contributed by atoms with Crippen molar-refractivity contribution in [3.8, 4) is 0 Å². The molecule has 1 unspecified atom stereocenters. The molecule has 1 aliphatic rings. The van der Waals surface area contributed by atoms with Crippen LogP contribution in [0.3, 0.4) is 0 Å². The van der Waals surface area contributed by atoms with Gasteiger partial charge in [-0.3, -0.25) is 9.59 Å². The van der Waals surface area contributed by atoms with Crippen LogP contribution in [0.5, 0.6) is 0 Å². The lowest BCUT2D eigenvalue weighted by Gasteiger charge is -2.23. The van der Waals surface area contributed by atoms with E-state index >= 15 is 0 Å². The molecule has 1 aliphatic heterocycles. The maximum Gasteiger partial charge on any atom is 0.240 e. The molecule has 23 heavy (non-hydrogen) atoms. The highest BCUT2D eigenvalue weighted by Crippen LogP contribution is 2.26. The maximum absolute atomic E-state index is 12.2. The van der Waals surface area contributed by atoms with E-state index in [-0.39, 0.29) is 35.9 Å². The summed E-state index contributed by atoms with van der Waals surface area (Å²) in [7, 11) is -3.06. The Hall–Kier alpha value is -1.60. The second kappa shape index (κ2) is 6.88. The standard InChI is InChI=1S/C15H19ClN2O4S/c1-10-13(16)4-3-5-14(10)18(11(2)19)8-15(20)17-12-6-7-23(21,22)9-12/h3-5,12H,6-9H2,1-2H3,(H,17,20). The number of nitrogens with zero attached hydrogens (tertiary/aromatic N) is 1. The van der Waals surface area contributed by atoms with Crippen LogP contribution in [0.1, 0.15) is 18.9 Å². The Kier molecular flexibility index (Phi) is 5.31. The molecule has 126 valence electrons. The van der Waals surface area contributed by atoms with Crippen molar-refractivity contribution in [1.29, 1.82) is 0 Å². The van der Waals surface area contributed by atoms with Gasteiger partial charge in [-0.1, -0.05) is 17.7 Å². The highest BCUT2D eigenvalue weighted by molar-refractivity contribution is 7.91. The van der Waals surface area contributed by atoms with Crippen LogP contribution in [-0.2, 0) is 19.4 Å². The van der Waals surface area contributed by atoms with Gasteiger partial charge in [0.05, 0.1) is 11.5 Å². The first-order valence-corrected chi connectivity index (χ1v) is 9.42. The average Bonchev–Trinajstić information content (AvgIpc) is 2.78. The molecule has 2 rings (SSSR count). The summed E-state index contributed by atoms with van der Waals surface area (Å²) in [5, 5.41) is 3.19. The topological polar surface area (TPSA) is 83.6 Å². The summed E-state index contributed by atoms with van der Waals surface area (Å²) in [4.78, 5) is 25.4. The number of anilines is 1. The Labute approximate surface area is 140 Å². The Morgan fingerprint density at radius 2 is 2.09 bits per heavy atom. The van der Waals surface area contributed by atoms with Crippen LogP contribution in [0.15, 0.2) is 18.2 Å². The van der Waals surface area contributed by atoms with E-state index in [0.29, 0.717) is 22.7 Å². The quantitative estimate of drug-likeness (QED) is 0.879. The number of hydrogen-bond donors (Lipinski definition) is 1. The van der Waals surface area contributed by atoms with Gasteiger partial charge in [-0.15, -0.1) is 0 Å². The number of benzene rings is 1. The number of amides is 2. The molecule has 0 saturated carbocycles. The first kappa shape index (κ1) is 17.7. The summed E-state index contributed by atoms with van der Waals surface area (Å²) < 4.78 is 22.9. The molecule has 0 bridgehead atoms. The van der Waals surface area contributed by atoms with E-state index in [4.69, 9.17) is 11.6 Å². The number of carbonyl (C=O) groups is 2. The Bertz CT molecular complexity index is 733. The summed E-state index contributed by atoms with van der Waals surface area (Å²) in [6, 6.07) is 4.75. The molecule has 0 spiro atoms. The van der Waals surface area contributed by atoms with Crippen LogP contribution < -0.4 is 10.2 Å². The number of sulfone groups is 1. The van der Waals surface area contributed by atoms with Gasteiger partial charge in [0, 0.05) is 23.7 Å². The maximum atomic E-state index is 12.2. The lowest BCUT2D eigenvalue weighted by molar-refractivity contribution is -0.123. The van der Waals surface area contributed by atoms with Crippen molar-refractivity contribution in [2.24, 2.45) is 0 Å². The summed E-state index contributed by atoms with van der Waals surface area (Å²) in [6.07, 6.45) is 0.407. The van der Waals surface area contributed by atoms with Gasteiger partial charge in [-0.25, -0.2) is 8.42 Å². The minimum Gasteiger partial charge on any atom is -0.351 e. The summed E-state index contributed by atoms with van der Waals surface area (Å²) >= 11 is 6.06. The number of halogens is 1. The predicted molar refractivity (Wildman–Crippen MR) is 89.4 cm³/mol. The predicted octanol–water partition coefficient (Wildman–Crippen LogP) is 1.30. The lowest BCUT2D eigenvalue weighted by Crippen LogP contribution is -2.44. The molecule has 1 atom stereocenters. The molecule has 2 amide bonds. The van der Waals surface area contributed by atoms with Gasteiger partial charge in [0.1, 0.15) is 6.54 Å². The summed E-state index contributed by atoms with van der Waals surface area (Å²) in [5.41, 5.74) is 1.28. The molecule has 1 aromatic carbocycles. The van der Waals surface area contributed by atoms with Crippen LogP contribution in [0.25, 0.3) is 0 Å². The first-order chi connectivity index (χ1) is 10.7. The van der Waals surface area contributed by atoms with Crippen LogP contribution >= 0.6 is 11.6 Å². The zero-order valence-electron chi connectivity index (χ0n) is 13.0. The van der Waals surface area contributed by atoms with Gasteiger partial charge in [-0.2, -0.15) is 0 Å². The molecule has 1 aromatic rings. The Balaban J connectivity index is 2.09. The fourth-order valence-electron chi connectivity index (χ4n) is 2.58. The van der Waals surface area contributed by atoms with Crippen molar-refractivity contribution in [2.75, 3.05) is 23.0 Å². The minimum absolute atomic E-state index is 0.0466. The molecule has 6 nitrogen and oxygen atoms in total. The van der Waals surface area contributed by atoms with E-state index in [2.05, 4.69) is 5.32 Å². The van der Waals surface area contributed by atoms with Gasteiger partial charge in [-0.05, 0) is 31.0 Å². The van der Waals surface area contributed by atoms with Crippen LogP contribution in [0.2, 0.25) is 5.02 Å². The molecule has 0 aromatic heterocycles. The third-order valence-electron chi connectivity index (χ3n) is 3.81. The van der Waals surface area contributed by atoms with E-state index < -0.39 is 9.84 Å². The highest BCUT2D eigenvalue weighted by atomic mass is 35.5. The average molecular weight is 359 g/mol. The molecule has 0 radical (unpaired) electrons. The van der Waals surface area contributed by atoms with Gasteiger partial charge < -0.3 is 10.2 Å². The smallest absolute Gasteiger partial charge is 0.240 e. The molecular weight excluding hydrogens is 340 g/mol. The number of nitrogens with one attached hydrogen (secondary N) is 1. The monoisotopic (exact) mass is 358 g/mol. The molecule has 1 N–H and O–H groups in total. The third kappa shape index (κ3) is 4.45. The van der Waals surface area contributed by atoms with Gasteiger partial charge in [0.15, 0.2) is 9.84 Å². The van der Waals surface area contributed by atoms with Crippen LogP contribution in [-0.4, -0.2) is 44.3 Å². The number of carbonyl (C=O) groups excluding carboxylic acids is 2. The van der Waals surface area contributed by atoms with Crippen LogP contribution in [0, 0.1) is 6.92 Å². The fraction of sp³-hybridized carbons (Fsp3) is 0.467. The SMILES string of the molecule is CC(=O)N(CC(=O)NC1CCS(=O)(=O)C1)c1cccc(Cl)c1C.